The van der Waals surface area contributed by atoms with Crippen molar-refractivity contribution in [3.8, 4) is 0 Å². The monoisotopic (exact) mass is 379 g/mol. The largest absolute Gasteiger partial charge is 0.465 e. The number of amides is 1. The van der Waals surface area contributed by atoms with Crippen LogP contribution in [-0.2, 0) is 30.5 Å². The van der Waals surface area contributed by atoms with Crippen LogP contribution in [0.15, 0.2) is 30.3 Å². The lowest BCUT2D eigenvalue weighted by Crippen LogP contribution is -2.46. The van der Waals surface area contributed by atoms with Crippen molar-refractivity contribution in [2.75, 3.05) is 13.2 Å². The Balaban J connectivity index is 2.25. The van der Waals surface area contributed by atoms with Crippen molar-refractivity contribution in [2.45, 2.75) is 52.7 Å². The standard InChI is InChI=1S/C20H29NO6/c1-4-16(22)27-14-20(2,3)18(24)19(25)21-12-8-11-17(23)26-13-15-9-6-5-7-10-15/h5-7,9-10,18,24H,4,8,11-14H2,1-3H3,(H,21,25). The zero-order valence-electron chi connectivity index (χ0n) is 16.2. The molecule has 0 aliphatic carbocycles. The van der Waals surface area contributed by atoms with Gasteiger partial charge in [-0.15, -0.1) is 0 Å². The molecule has 0 aliphatic heterocycles. The van der Waals surface area contributed by atoms with E-state index in [0.717, 1.165) is 5.56 Å². The van der Waals surface area contributed by atoms with Crippen molar-refractivity contribution >= 4 is 17.8 Å². The molecule has 0 spiro atoms. The first-order chi connectivity index (χ1) is 12.8. The maximum absolute atomic E-state index is 12.0. The number of benzene rings is 1. The van der Waals surface area contributed by atoms with Crippen LogP contribution in [0.5, 0.6) is 0 Å². The van der Waals surface area contributed by atoms with E-state index < -0.39 is 17.4 Å². The lowest BCUT2D eigenvalue weighted by molar-refractivity contribution is -0.153. The maximum Gasteiger partial charge on any atom is 0.306 e. The van der Waals surface area contributed by atoms with E-state index >= 15 is 0 Å². The van der Waals surface area contributed by atoms with Gasteiger partial charge in [-0.2, -0.15) is 0 Å². The van der Waals surface area contributed by atoms with Crippen LogP contribution in [0.3, 0.4) is 0 Å². The molecule has 1 amide bonds. The van der Waals surface area contributed by atoms with Crippen LogP contribution in [0.4, 0.5) is 0 Å². The van der Waals surface area contributed by atoms with E-state index in [1.807, 2.05) is 30.3 Å². The highest BCUT2D eigenvalue weighted by Gasteiger charge is 2.34. The molecule has 1 rings (SSSR count). The number of rotatable bonds is 11. The van der Waals surface area contributed by atoms with E-state index in [-0.39, 0.29) is 44.5 Å². The summed E-state index contributed by atoms with van der Waals surface area (Å²) in [5.74, 6) is -1.30. The number of esters is 2. The smallest absolute Gasteiger partial charge is 0.306 e. The molecule has 1 aromatic carbocycles. The number of carbonyl (C=O) groups excluding carboxylic acids is 3. The van der Waals surface area contributed by atoms with Gasteiger partial charge in [0, 0.05) is 24.8 Å². The van der Waals surface area contributed by atoms with Gasteiger partial charge in [0.05, 0.1) is 6.61 Å². The molecule has 0 heterocycles. The summed E-state index contributed by atoms with van der Waals surface area (Å²) in [5, 5.41) is 12.7. The Kier molecular flexibility index (Phi) is 9.50. The summed E-state index contributed by atoms with van der Waals surface area (Å²) in [6.45, 7) is 5.35. The second-order valence-electron chi connectivity index (χ2n) is 6.95. The van der Waals surface area contributed by atoms with E-state index in [0.29, 0.717) is 6.42 Å². The Bertz CT molecular complexity index is 614. The fraction of sp³-hybridized carbons (Fsp3) is 0.550. The van der Waals surface area contributed by atoms with Crippen LogP contribution in [0.1, 0.15) is 45.6 Å². The van der Waals surface area contributed by atoms with Crippen LogP contribution in [0.2, 0.25) is 0 Å². The van der Waals surface area contributed by atoms with E-state index in [9.17, 15) is 19.5 Å². The molecule has 2 N–H and O–H groups in total. The molecule has 150 valence electrons. The van der Waals surface area contributed by atoms with Crippen molar-refractivity contribution in [2.24, 2.45) is 5.41 Å². The van der Waals surface area contributed by atoms with Crippen molar-refractivity contribution in [1.29, 1.82) is 0 Å². The van der Waals surface area contributed by atoms with E-state index in [1.54, 1.807) is 20.8 Å². The van der Waals surface area contributed by atoms with Gasteiger partial charge in [0.1, 0.15) is 12.7 Å². The van der Waals surface area contributed by atoms with Gasteiger partial charge in [-0.3, -0.25) is 14.4 Å². The van der Waals surface area contributed by atoms with Gasteiger partial charge in [-0.1, -0.05) is 51.1 Å². The molecular formula is C20H29NO6. The number of aliphatic hydroxyl groups excluding tert-OH is 1. The molecule has 0 aliphatic rings. The average Bonchev–Trinajstić information content (AvgIpc) is 2.67. The molecule has 27 heavy (non-hydrogen) atoms. The van der Waals surface area contributed by atoms with Crippen molar-refractivity contribution in [1.82, 2.24) is 5.32 Å². The Labute approximate surface area is 160 Å². The van der Waals surface area contributed by atoms with Crippen LogP contribution in [0, 0.1) is 5.41 Å². The van der Waals surface area contributed by atoms with Crippen LogP contribution in [-0.4, -0.2) is 42.2 Å². The Morgan fingerprint density at radius 1 is 1.11 bits per heavy atom. The molecular weight excluding hydrogens is 350 g/mol. The molecule has 0 bridgehead atoms. The predicted octanol–water partition coefficient (Wildman–Crippen LogP) is 1.97. The van der Waals surface area contributed by atoms with Gasteiger partial charge >= 0.3 is 11.9 Å². The van der Waals surface area contributed by atoms with Gasteiger partial charge in [-0.25, -0.2) is 0 Å². The van der Waals surface area contributed by atoms with Crippen LogP contribution in [0.25, 0.3) is 0 Å². The molecule has 1 atom stereocenters. The quantitative estimate of drug-likeness (QED) is 0.450. The lowest BCUT2D eigenvalue weighted by atomic mass is 9.87. The first kappa shape index (κ1) is 22.6. The van der Waals surface area contributed by atoms with Gasteiger partial charge in [0.15, 0.2) is 0 Å². The Hall–Kier alpha value is -2.41. The number of hydrogen-bond acceptors (Lipinski definition) is 6. The molecule has 0 saturated carbocycles. The third-order valence-electron chi connectivity index (χ3n) is 3.98. The fourth-order valence-corrected chi connectivity index (χ4v) is 2.15. The summed E-state index contributed by atoms with van der Waals surface area (Å²) in [6, 6.07) is 9.36. The second-order valence-corrected chi connectivity index (χ2v) is 6.95. The van der Waals surface area contributed by atoms with E-state index in [1.165, 1.54) is 0 Å². The zero-order chi connectivity index (χ0) is 20.3. The minimum atomic E-state index is -1.33. The van der Waals surface area contributed by atoms with E-state index in [4.69, 9.17) is 9.47 Å². The lowest BCUT2D eigenvalue weighted by Gasteiger charge is -2.28. The van der Waals surface area contributed by atoms with Gasteiger partial charge < -0.3 is 19.9 Å². The maximum atomic E-state index is 12.0. The number of nitrogens with one attached hydrogen (secondary N) is 1. The molecule has 0 aromatic heterocycles. The highest BCUT2D eigenvalue weighted by Crippen LogP contribution is 2.21. The summed E-state index contributed by atoms with van der Waals surface area (Å²) >= 11 is 0. The zero-order valence-corrected chi connectivity index (χ0v) is 16.2. The van der Waals surface area contributed by atoms with Crippen molar-refractivity contribution in [3.05, 3.63) is 35.9 Å². The summed E-state index contributed by atoms with van der Waals surface area (Å²) in [4.78, 5) is 35.0. The molecule has 7 nitrogen and oxygen atoms in total. The number of carbonyl (C=O) groups is 3. The Morgan fingerprint density at radius 3 is 2.41 bits per heavy atom. The highest BCUT2D eigenvalue weighted by atomic mass is 16.5. The topological polar surface area (TPSA) is 102 Å². The average molecular weight is 379 g/mol. The molecule has 0 saturated heterocycles. The van der Waals surface area contributed by atoms with Crippen LogP contribution < -0.4 is 5.32 Å². The SMILES string of the molecule is CCC(=O)OCC(C)(C)C(O)C(=O)NCCCC(=O)OCc1ccccc1. The van der Waals surface area contributed by atoms with E-state index in [2.05, 4.69) is 5.32 Å². The number of ether oxygens (including phenoxy) is 2. The third kappa shape index (κ3) is 8.68. The van der Waals surface area contributed by atoms with Crippen molar-refractivity contribution in [3.63, 3.8) is 0 Å². The number of aliphatic hydroxyl groups is 1. The van der Waals surface area contributed by atoms with Gasteiger partial charge in [0.2, 0.25) is 5.91 Å². The Morgan fingerprint density at radius 2 is 1.78 bits per heavy atom. The molecule has 1 aromatic rings. The predicted molar refractivity (Wildman–Crippen MR) is 99.5 cm³/mol. The fourth-order valence-electron chi connectivity index (χ4n) is 2.15. The molecule has 0 fully saturated rings. The minimum absolute atomic E-state index is 0.0555. The van der Waals surface area contributed by atoms with Gasteiger partial charge in [0.25, 0.3) is 0 Å². The van der Waals surface area contributed by atoms with Crippen molar-refractivity contribution < 1.29 is 29.0 Å². The third-order valence-corrected chi connectivity index (χ3v) is 3.98. The molecule has 1 unspecified atom stereocenters. The normalized spacial score (nSPS) is 12.1. The first-order valence-electron chi connectivity index (χ1n) is 9.07. The highest BCUT2D eigenvalue weighted by molar-refractivity contribution is 5.81. The minimum Gasteiger partial charge on any atom is -0.465 e. The number of hydrogen-bond donors (Lipinski definition) is 2. The molecule has 7 heteroatoms. The van der Waals surface area contributed by atoms with Gasteiger partial charge in [-0.05, 0) is 12.0 Å². The second kappa shape index (κ2) is 11.3. The summed E-state index contributed by atoms with van der Waals surface area (Å²) in [6.07, 6.45) is -0.524. The molecule has 0 radical (unpaired) electrons. The van der Waals surface area contributed by atoms with Crippen LogP contribution >= 0.6 is 0 Å². The summed E-state index contributed by atoms with van der Waals surface area (Å²) < 4.78 is 10.2. The summed E-state index contributed by atoms with van der Waals surface area (Å²) in [7, 11) is 0. The first-order valence-corrected chi connectivity index (χ1v) is 9.07. The summed E-state index contributed by atoms with van der Waals surface area (Å²) in [5.41, 5.74) is -0.00272.